The fraction of sp³-hybridized carbons (Fsp3) is 0.176. The highest BCUT2D eigenvalue weighted by Gasteiger charge is 2.17. The lowest BCUT2D eigenvalue weighted by Gasteiger charge is -2.08. The van der Waals surface area contributed by atoms with Crippen molar-refractivity contribution in [2.75, 3.05) is 11.9 Å². The number of rotatable bonds is 6. The number of benzene rings is 2. The van der Waals surface area contributed by atoms with Crippen LogP contribution in [-0.2, 0) is 20.7 Å². The van der Waals surface area contributed by atoms with Gasteiger partial charge in [0.1, 0.15) is 11.5 Å². The van der Waals surface area contributed by atoms with Gasteiger partial charge in [-0.2, -0.15) is 0 Å². The molecule has 1 amide bonds. The number of esters is 1. The van der Waals surface area contributed by atoms with E-state index in [9.17, 15) is 24.1 Å². The number of carbonyl (C=O) groups is 2. The van der Waals surface area contributed by atoms with Crippen LogP contribution in [0.15, 0.2) is 42.5 Å². The molecule has 0 saturated heterocycles. The van der Waals surface area contributed by atoms with Crippen LogP contribution in [-0.4, -0.2) is 23.4 Å². The molecule has 0 saturated carbocycles. The number of nitro groups is 1. The first-order chi connectivity index (χ1) is 11.9. The highest BCUT2D eigenvalue weighted by molar-refractivity contribution is 5.95. The normalized spacial score (nSPS) is 10.2. The van der Waals surface area contributed by atoms with Gasteiger partial charge in [0.25, 0.3) is 11.6 Å². The number of nitrogens with zero attached hydrogens (tertiary/aromatic N) is 1. The van der Waals surface area contributed by atoms with Gasteiger partial charge in [-0.25, -0.2) is 4.39 Å². The summed E-state index contributed by atoms with van der Waals surface area (Å²) >= 11 is 0. The van der Waals surface area contributed by atoms with Crippen LogP contribution < -0.4 is 5.32 Å². The predicted octanol–water partition coefficient (Wildman–Crippen LogP) is 2.77. The van der Waals surface area contributed by atoms with Gasteiger partial charge in [0.05, 0.1) is 11.3 Å². The molecule has 2 aromatic rings. The second-order valence-electron chi connectivity index (χ2n) is 5.25. The summed E-state index contributed by atoms with van der Waals surface area (Å²) in [5, 5.41) is 13.3. The first kappa shape index (κ1) is 18.1. The Morgan fingerprint density at radius 1 is 1.24 bits per heavy atom. The van der Waals surface area contributed by atoms with E-state index in [1.165, 1.54) is 30.3 Å². The van der Waals surface area contributed by atoms with E-state index in [1.807, 2.05) is 0 Å². The monoisotopic (exact) mass is 346 g/mol. The average Bonchev–Trinajstić information content (AvgIpc) is 2.56. The summed E-state index contributed by atoms with van der Waals surface area (Å²) in [6.45, 7) is 1.06. The molecule has 0 spiro atoms. The lowest BCUT2D eigenvalue weighted by molar-refractivity contribution is -0.384. The van der Waals surface area contributed by atoms with Crippen LogP contribution in [0.4, 0.5) is 15.8 Å². The molecule has 0 aliphatic carbocycles. The van der Waals surface area contributed by atoms with Gasteiger partial charge in [-0.1, -0.05) is 24.3 Å². The Morgan fingerprint density at radius 3 is 2.64 bits per heavy atom. The van der Waals surface area contributed by atoms with E-state index in [0.717, 1.165) is 0 Å². The van der Waals surface area contributed by atoms with Gasteiger partial charge in [0.2, 0.25) is 0 Å². The van der Waals surface area contributed by atoms with Crippen LogP contribution >= 0.6 is 0 Å². The summed E-state index contributed by atoms with van der Waals surface area (Å²) in [5.74, 6) is -2.05. The molecule has 0 atom stereocenters. The third-order valence-electron chi connectivity index (χ3n) is 3.28. The topological polar surface area (TPSA) is 98.5 Å². The molecule has 0 bridgehead atoms. The van der Waals surface area contributed by atoms with E-state index < -0.39 is 29.2 Å². The Morgan fingerprint density at radius 2 is 1.96 bits per heavy atom. The molecule has 2 rings (SSSR count). The van der Waals surface area contributed by atoms with Crippen LogP contribution in [0.5, 0.6) is 0 Å². The van der Waals surface area contributed by atoms with E-state index in [-0.39, 0.29) is 23.4 Å². The van der Waals surface area contributed by atoms with Gasteiger partial charge in [-0.05, 0) is 30.2 Å². The van der Waals surface area contributed by atoms with Crippen molar-refractivity contribution in [3.05, 3.63) is 69.5 Å². The number of nitro benzene ring substituents is 1. The molecule has 0 fully saturated rings. The maximum Gasteiger partial charge on any atom is 0.310 e. The fourth-order valence-corrected chi connectivity index (χ4v) is 2.08. The van der Waals surface area contributed by atoms with Crippen molar-refractivity contribution in [3.63, 3.8) is 0 Å². The fourth-order valence-electron chi connectivity index (χ4n) is 2.08. The Kier molecular flexibility index (Phi) is 5.78. The van der Waals surface area contributed by atoms with Crippen molar-refractivity contribution >= 4 is 23.3 Å². The summed E-state index contributed by atoms with van der Waals surface area (Å²) < 4.78 is 18.2. The van der Waals surface area contributed by atoms with Gasteiger partial charge in [0, 0.05) is 6.07 Å². The standard InChI is InChI=1S/C17H15FN2O5/c1-11-6-7-14(15(8-11)20(23)24)19-16(21)10-25-17(22)9-12-4-2-3-5-13(12)18/h2-8H,9-10H2,1H3,(H,19,21). The first-order valence-corrected chi connectivity index (χ1v) is 7.30. The molecule has 0 aliphatic heterocycles. The Bertz CT molecular complexity index is 822. The molecule has 0 radical (unpaired) electrons. The largest absolute Gasteiger partial charge is 0.455 e. The number of hydrogen-bond donors (Lipinski definition) is 1. The molecule has 0 heterocycles. The molecule has 7 nitrogen and oxygen atoms in total. The van der Waals surface area contributed by atoms with Gasteiger partial charge < -0.3 is 10.1 Å². The van der Waals surface area contributed by atoms with Crippen LogP contribution in [0.2, 0.25) is 0 Å². The molecule has 0 unspecified atom stereocenters. The number of nitrogens with one attached hydrogen (secondary N) is 1. The number of halogens is 1. The third kappa shape index (κ3) is 5.10. The van der Waals surface area contributed by atoms with E-state index in [1.54, 1.807) is 19.1 Å². The number of aryl methyl sites for hydroxylation is 1. The zero-order chi connectivity index (χ0) is 18.4. The maximum absolute atomic E-state index is 13.4. The van der Waals surface area contributed by atoms with Crippen molar-refractivity contribution < 1.29 is 23.6 Å². The van der Waals surface area contributed by atoms with Gasteiger partial charge in [0.15, 0.2) is 6.61 Å². The number of carbonyl (C=O) groups excluding carboxylic acids is 2. The summed E-state index contributed by atoms with van der Waals surface area (Å²) in [7, 11) is 0. The van der Waals surface area contributed by atoms with Gasteiger partial charge in [-0.15, -0.1) is 0 Å². The molecule has 2 aromatic carbocycles. The quantitative estimate of drug-likeness (QED) is 0.493. The number of hydrogen-bond acceptors (Lipinski definition) is 5. The van der Waals surface area contributed by atoms with Crippen molar-refractivity contribution in [1.29, 1.82) is 0 Å². The summed E-state index contributed by atoms with van der Waals surface area (Å²) in [4.78, 5) is 33.8. The molecular weight excluding hydrogens is 331 g/mol. The Hall–Kier alpha value is -3.29. The second-order valence-corrected chi connectivity index (χ2v) is 5.25. The third-order valence-corrected chi connectivity index (χ3v) is 3.28. The highest BCUT2D eigenvalue weighted by atomic mass is 19.1. The van der Waals surface area contributed by atoms with Crippen LogP contribution in [0.25, 0.3) is 0 Å². The lowest BCUT2D eigenvalue weighted by Crippen LogP contribution is -2.22. The predicted molar refractivity (Wildman–Crippen MR) is 87.5 cm³/mol. The number of amides is 1. The zero-order valence-electron chi connectivity index (χ0n) is 13.3. The molecular formula is C17H15FN2O5. The zero-order valence-corrected chi connectivity index (χ0v) is 13.3. The van der Waals surface area contributed by atoms with Crippen molar-refractivity contribution in [2.24, 2.45) is 0 Å². The average molecular weight is 346 g/mol. The Balaban J connectivity index is 1.92. The smallest absolute Gasteiger partial charge is 0.310 e. The molecule has 0 aliphatic rings. The lowest BCUT2D eigenvalue weighted by atomic mass is 10.1. The van der Waals surface area contributed by atoms with E-state index >= 15 is 0 Å². The minimum absolute atomic E-state index is 0.00533. The Labute approximate surface area is 142 Å². The first-order valence-electron chi connectivity index (χ1n) is 7.30. The number of anilines is 1. The molecule has 1 N–H and O–H groups in total. The van der Waals surface area contributed by atoms with Gasteiger partial charge in [-0.3, -0.25) is 19.7 Å². The second kappa shape index (κ2) is 8.00. The minimum atomic E-state index is -0.779. The van der Waals surface area contributed by atoms with Crippen LogP contribution in [0.1, 0.15) is 11.1 Å². The summed E-state index contributed by atoms with van der Waals surface area (Å²) in [5.41, 5.74) is 0.569. The van der Waals surface area contributed by atoms with Gasteiger partial charge >= 0.3 is 5.97 Å². The van der Waals surface area contributed by atoms with E-state index in [2.05, 4.69) is 5.32 Å². The molecule has 0 aromatic heterocycles. The van der Waals surface area contributed by atoms with Crippen LogP contribution in [0.3, 0.4) is 0 Å². The highest BCUT2D eigenvalue weighted by Crippen LogP contribution is 2.25. The van der Waals surface area contributed by atoms with Crippen LogP contribution in [0, 0.1) is 22.9 Å². The number of ether oxygens (including phenoxy) is 1. The maximum atomic E-state index is 13.4. The van der Waals surface area contributed by atoms with Crippen molar-refractivity contribution in [1.82, 2.24) is 0 Å². The van der Waals surface area contributed by atoms with E-state index in [0.29, 0.717) is 5.56 Å². The minimum Gasteiger partial charge on any atom is -0.455 e. The van der Waals surface area contributed by atoms with Crippen molar-refractivity contribution in [2.45, 2.75) is 13.3 Å². The summed E-state index contributed by atoms with van der Waals surface area (Å²) in [6, 6.07) is 10.0. The van der Waals surface area contributed by atoms with E-state index in [4.69, 9.17) is 4.74 Å². The molecule has 130 valence electrons. The molecule has 25 heavy (non-hydrogen) atoms. The molecule has 8 heteroatoms. The summed E-state index contributed by atoms with van der Waals surface area (Å²) in [6.07, 6.45) is -0.315. The SMILES string of the molecule is Cc1ccc(NC(=O)COC(=O)Cc2ccccc2F)c([N+](=O)[O-])c1. The van der Waals surface area contributed by atoms with Crippen molar-refractivity contribution in [3.8, 4) is 0 Å².